The Balaban J connectivity index is 1.59. The van der Waals surface area contributed by atoms with Gasteiger partial charge in [0.25, 0.3) is 5.91 Å². The fourth-order valence-electron chi connectivity index (χ4n) is 4.36. The summed E-state index contributed by atoms with van der Waals surface area (Å²) in [5.41, 5.74) is 3.01. The number of hydrogen-bond acceptors (Lipinski definition) is 8. The molecule has 1 aliphatic heterocycles. The minimum absolute atomic E-state index is 0.0151. The molecule has 206 valence electrons. The number of benzene rings is 2. The first-order valence-corrected chi connectivity index (χ1v) is 13.0. The minimum Gasteiger partial charge on any atom is -0.495 e. The van der Waals surface area contributed by atoms with Gasteiger partial charge in [-0.25, -0.2) is 9.37 Å². The summed E-state index contributed by atoms with van der Waals surface area (Å²) in [5.74, 6) is -0.130. The van der Waals surface area contributed by atoms with Crippen molar-refractivity contribution >= 4 is 46.6 Å². The first-order valence-electron chi connectivity index (χ1n) is 12.6. The van der Waals surface area contributed by atoms with Gasteiger partial charge in [-0.15, -0.1) is 0 Å². The van der Waals surface area contributed by atoms with E-state index in [2.05, 4.69) is 36.1 Å². The molecule has 3 aromatic rings. The molecule has 39 heavy (non-hydrogen) atoms. The number of anilines is 4. The van der Waals surface area contributed by atoms with Gasteiger partial charge in [-0.05, 0) is 55.2 Å². The van der Waals surface area contributed by atoms with Gasteiger partial charge in [-0.2, -0.15) is 4.98 Å². The lowest BCUT2D eigenvalue weighted by molar-refractivity contribution is -0.121. The molecule has 4 N–H and O–H groups in total. The van der Waals surface area contributed by atoms with Crippen LogP contribution in [0.5, 0.6) is 5.75 Å². The Kier molecular flexibility index (Phi) is 9.15. The van der Waals surface area contributed by atoms with Crippen molar-refractivity contribution < 1.29 is 18.7 Å². The molecule has 0 fully saturated rings. The first kappa shape index (κ1) is 28.1. The number of rotatable bonds is 9. The van der Waals surface area contributed by atoms with E-state index in [1.807, 2.05) is 12.1 Å². The molecule has 10 nitrogen and oxygen atoms in total. The van der Waals surface area contributed by atoms with Gasteiger partial charge in [0, 0.05) is 26.7 Å². The third-order valence-electron chi connectivity index (χ3n) is 6.39. The summed E-state index contributed by atoms with van der Waals surface area (Å²) in [4.78, 5) is 35.1. The third kappa shape index (κ3) is 6.73. The summed E-state index contributed by atoms with van der Waals surface area (Å²) in [6, 6.07) is 8.19. The molecule has 2 heterocycles. The predicted molar refractivity (Wildman–Crippen MR) is 149 cm³/mol. The molecule has 1 aromatic heterocycles. The molecule has 2 amide bonds. The molecule has 0 radical (unpaired) electrons. The molecular formula is C27H31ClFN7O3. The van der Waals surface area contributed by atoms with Crippen molar-refractivity contribution in [3.05, 3.63) is 64.1 Å². The van der Waals surface area contributed by atoms with Crippen molar-refractivity contribution in [2.24, 2.45) is 0 Å². The number of amides is 2. The van der Waals surface area contributed by atoms with Crippen LogP contribution in [0.25, 0.3) is 0 Å². The van der Waals surface area contributed by atoms with Gasteiger partial charge >= 0.3 is 0 Å². The van der Waals surface area contributed by atoms with Crippen molar-refractivity contribution in [1.82, 2.24) is 25.5 Å². The maximum Gasteiger partial charge on any atom is 0.253 e. The number of ether oxygens (including phenoxy) is 1. The van der Waals surface area contributed by atoms with Crippen LogP contribution in [-0.4, -0.2) is 67.0 Å². The van der Waals surface area contributed by atoms with Gasteiger partial charge in [0.15, 0.2) is 5.82 Å². The minimum atomic E-state index is -0.624. The highest BCUT2D eigenvalue weighted by Crippen LogP contribution is 2.34. The summed E-state index contributed by atoms with van der Waals surface area (Å²) in [7, 11) is 3.22. The van der Waals surface area contributed by atoms with Gasteiger partial charge in [0.1, 0.15) is 16.6 Å². The quantitative estimate of drug-likeness (QED) is 0.316. The standard InChI is InChI=1S/C27H31ClFN7O3/c1-4-31-26(38)18-6-5-7-20(29)24(18)34-25-19(28)14-32-27(35-25)33-21-12-16-8-10-36(15-23(37)30-2)11-9-17(16)13-22(21)39-3/h5-7,12-14H,4,8-11,15H2,1-3H3,(H,30,37)(H,31,38)(H2,32,33,34,35). The first-order chi connectivity index (χ1) is 18.8. The third-order valence-corrected chi connectivity index (χ3v) is 6.67. The second kappa shape index (κ2) is 12.7. The summed E-state index contributed by atoms with van der Waals surface area (Å²) in [6.07, 6.45) is 2.93. The molecule has 0 spiro atoms. The molecule has 0 aliphatic carbocycles. The van der Waals surface area contributed by atoms with Gasteiger partial charge in [-0.1, -0.05) is 17.7 Å². The number of likely N-dealkylation sites (N-methyl/N-ethyl adjacent to an activating group) is 1. The van der Waals surface area contributed by atoms with Crippen LogP contribution in [0, 0.1) is 5.82 Å². The van der Waals surface area contributed by atoms with Crippen molar-refractivity contribution in [2.45, 2.75) is 19.8 Å². The molecule has 12 heteroatoms. The van der Waals surface area contributed by atoms with Crippen LogP contribution >= 0.6 is 11.6 Å². The van der Waals surface area contributed by atoms with Crippen LogP contribution < -0.4 is 26.0 Å². The van der Waals surface area contributed by atoms with Crippen LogP contribution in [-0.2, 0) is 17.6 Å². The van der Waals surface area contributed by atoms with Crippen LogP contribution in [0.15, 0.2) is 36.5 Å². The lowest BCUT2D eigenvalue weighted by Gasteiger charge is -2.18. The molecule has 0 bridgehead atoms. The Morgan fingerprint density at radius 2 is 1.90 bits per heavy atom. The van der Waals surface area contributed by atoms with Crippen LogP contribution in [0.4, 0.5) is 27.5 Å². The Bertz CT molecular complexity index is 1370. The van der Waals surface area contributed by atoms with Gasteiger partial charge < -0.3 is 26.0 Å². The highest BCUT2D eigenvalue weighted by Gasteiger charge is 2.20. The van der Waals surface area contributed by atoms with Crippen molar-refractivity contribution in [3.63, 3.8) is 0 Å². The average Bonchev–Trinajstić information content (AvgIpc) is 3.12. The smallest absolute Gasteiger partial charge is 0.253 e. The van der Waals surface area contributed by atoms with E-state index in [0.717, 1.165) is 37.1 Å². The van der Waals surface area contributed by atoms with E-state index in [-0.39, 0.29) is 33.9 Å². The normalized spacial score (nSPS) is 13.2. The zero-order valence-electron chi connectivity index (χ0n) is 22.0. The molecule has 4 rings (SSSR count). The zero-order chi connectivity index (χ0) is 27.9. The van der Waals surface area contributed by atoms with Crippen molar-refractivity contribution in [3.8, 4) is 5.75 Å². The Morgan fingerprint density at radius 3 is 2.59 bits per heavy atom. The van der Waals surface area contributed by atoms with E-state index >= 15 is 0 Å². The number of carbonyl (C=O) groups is 2. The van der Waals surface area contributed by atoms with E-state index in [1.165, 1.54) is 24.4 Å². The van der Waals surface area contributed by atoms with Gasteiger partial charge in [0.05, 0.1) is 36.8 Å². The van der Waals surface area contributed by atoms with E-state index < -0.39 is 11.7 Å². The monoisotopic (exact) mass is 555 g/mol. The molecule has 0 saturated carbocycles. The SMILES string of the molecule is CCNC(=O)c1cccc(F)c1Nc1nc(Nc2cc3c(cc2OC)CCN(CC(=O)NC)CC3)ncc1Cl. The summed E-state index contributed by atoms with van der Waals surface area (Å²) >= 11 is 6.33. The highest BCUT2D eigenvalue weighted by molar-refractivity contribution is 6.33. The average molecular weight is 556 g/mol. The van der Waals surface area contributed by atoms with Crippen LogP contribution in [0.3, 0.4) is 0 Å². The van der Waals surface area contributed by atoms with E-state index in [9.17, 15) is 14.0 Å². The molecular weight excluding hydrogens is 525 g/mol. The molecule has 2 aromatic carbocycles. The predicted octanol–water partition coefficient (Wildman–Crippen LogP) is 3.66. The molecule has 0 unspecified atom stereocenters. The Morgan fingerprint density at radius 1 is 1.15 bits per heavy atom. The lowest BCUT2D eigenvalue weighted by Crippen LogP contribution is -2.37. The largest absolute Gasteiger partial charge is 0.495 e. The fourth-order valence-corrected chi connectivity index (χ4v) is 4.50. The summed E-state index contributed by atoms with van der Waals surface area (Å²) in [5, 5.41) is 11.5. The van der Waals surface area contributed by atoms with Crippen molar-refractivity contribution in [1.29, 1.82) is 0 Å². The number of halogens is 2. The zero-order valence-corrected chi connectivity index (χ0v) is 22.8. The van der Waals surface area contributed by atoms with Crippen molar-refractivity contribution in [2.75, 3.05) is 51.0 Å². The lowest BCUT2D eigenvalue weighted by atomic mass is 10.0. The Hall–Kier alpha value is -3.96. The second-order valence-electron chi connectivity index (χ2n) is 8.93. The van der Waals surface area contributed by atoms with Crippen LogP contribution in [0.1, 0.15) is 28.4 Å². The number of nitrogens with zero attached hydrogens (tertiary/aromatic N) is 3. The summed E-state index contributed by atoms with van der Waals surface area (Å²) < 4.78 is 20.4. The number of aromatic nitrogens is 2. The molecule has 1 aliphatic rings. The van der Waals surface area contributed by atoms with Crippen LogP contribution in [0.2, 0.25) is 5.02 Å². The van der Waals surface area contributed by atoms with E-state index in [0.29, 0.717) is 24.5 Å². The second-order valence-corrected chi connectivity index (χ2v) is 9.34. The molecule has 0 saturated heterocycles. The maximum absolute atomic E-state index is 14.7. The highest BCUT2D eigenvalue weighted by atomic mass is 35.5. The molecule has 0 atom stereocenters. The maximum atomic E-state index is 14.7. The topological polar surface area (TPSA) is 121 Å². The number of nitrogens with one attached hydrogen (secondary N) is 4. The number of para-hydroxylation sites is 1. The Labute approximate surface area is 231 Å². The van der Waals surface area contributed by atoms with E-state index in [4.69, 9.17) is 16.3 Å². The van der Waals surface area contributed by atoms with Gasteiger partial charge in [0.2, 0.25) is 11.9 Å². The van der Waals surface area contributed by atoms with Gasteiger partial charge in [-0.3, -0.25) is 14.5 Å². The number of methoxy groups -OCH3 is 1. The van der Waals surface area contributed by atoms with E-state index in [1.54, 1.807) is 21.1 Å². The fraction of sp³-hybridized carbons (Fsp3) is 0.333. The number of hydrogen-bond donors (Lipinski definition) is 4. The summed E-state index contributed by atoms with van der Waals surface area (Å²) in [6.45, 7) is 4.03. The number of fused-ring (bicyclic) bond motifs is 1. The number of carbonyl (C=O) groups excluding carboxylic acids is 2.